The highest BCUT2D eigenvalue weighted by Crippen LogP contribution is 2.37. The van der Waals surface area contributed by atoms with E-state index in [-0.39, 0.29) is 29.9 Å². The van der Waals surface area contributed by atoms with E-state index in [0.717, 1.165) is 5.56 Å². The third-order valence-electron chi connectivity index (χ3n) is 3.20. The highest BCUT2D eigenvalue weighted by molar-refractivity contribution is 5.95. The van der Waals surface area contributed by atoms with Crippen LogP contribution >= 0.6 is 0 Å². The number of H-pyrrole nitrogens is 1. The zero-order valence-corrected chi connectivity index (χ0v) is 10.0. The molecular formula is C13H12N4O2. The topological polar surface area (TPSA) is 101 Å². The van der Waals surface area contributed by atoms with E-state index < -0.39 is 5.69 Å². The standard InChI is InChI=1S/C13H12N4O2/c14-11-10-8(7-4-2-1-3-5-7)6-9(18)15-12(10)17-13(19)16-11/h1-5,8H,6H2,(H4,14,15,16,17,18,19). The molecule has 0 aliphatic carbocycles. The third-order valence-corrected chi connectivity index (χ3v) is 3.20. The monoisotopic (exact) mass is 256 g/mol. The van der Waals surface area contributed by atoms with Crippen LogP contribution in [0.25, 0.3) is 0 Å². The highest BCUT2D eigenvalue weighted by atomic mass is 16.2. The minimum Gasteiger partial charge on any atom is -0.385 e. The lowest BCUT2D eigenvalue weighted by atomic mass is 9.86. The molecule has 0 radical (unpaired) electrons. The second-order valence-electron chi connectivity index (χ2n) is 4.43. The number of hydrogen-bond acceptors (Lipinski definition) is 4. The molecule has 4 N–H and O–H groups in total. The number of nitrogen functional groups attached to an aromatic ring is 1. The molecule has 1 aromatic heterocycles. The lowest BCUT2D eigenvalue weighted by Gasteiger charge is -2.25. The van der Waals surface area contributed by atoms with Crippen LogP contribution in [0.3, 0.4) is 0 Å². The van der Waals surface area contributed by atoms with Gasteiger partial charge in [-0.05, 0) is 5.56 Å². The maximum atomic E-state index is 11.7. The van der Waals surface area contributed by atoms with Gasteiger partial charge in [0, 0.05) is 17.9 Å². The van der Waals surface area contributed by atoms with Crippen molar-refractivity contribution in [3.8, 4) is 0 Å². The fourth-order valence-corrected chi connectivity index (χ4v) is 2.39. The number of fused-ring (bicyclic) bond motifs is 1. The van der Waals surface area contributed by atoms with Gasteiger partial charge in [-0.3, -0.25) is 9.78 Å². The Kier molecular flexibility index (Phi) is 2.56. The number of aromatic nitrogens is 2. The minimum absolute atomic E-state index is 0.168. The summed E-state index contributed by atoms with van der Waals surface area (Å²) in [6.07, 6.45) is 0.287. The van der Waals surface area contributed by atoms with Crippen LogP contribution in [-0.2, 0) is 4.79 Å². The van der Waals surface area contributed by atoms with Crippen LogP contribution < -0.4 is 16.7 Å². The Bertz CT molecular complexity index is 694. The largest absolute Gasteiger partial charge is 0.385 e. The van der Waals surface area contributed by atoms with Gasteiger partial charge in [0.15, 0.2) is 0 Å². The summed E-state index contributed by atoms with van der Waals surface area (Å²) in [5, 5.41) is 2.59. The number of carbonyl (C=O) groups excluding carboxylic acids is 1. The summed E-state index contributed by atoms with van der Waals surface area (Å²) in [5.41, 5.74) is 6.95. The molecule has 1 aliphatic rings. The molecule has 3 rings (SSSR count). The summed E-state index contributed by atoms with van der Waals surface area (Å²) in [7, 11) is 0. The summed E-state index contributed by atoms with van der Waals surface area (Å²) >= 11 is 0. The third kappa shape index (κ3) is 1.97. The van der Waals surface area contributed by atoms with Gasteiger partial charge in [0.2, 0.25) is 5.91 Å². The van der Waals surface area contributed by atoms with E-state index in [1.165, 1.54) is 0 Å². The molecule has 2 aromatic rings. The number of rotatable bonds is 1. The van der Waals surface area contributed by atoms with Crippen molar-refractivity contribution in [3.63, 3.8) is 0 Å². The zero-order chi connectivity index (χ0) is 13.4. The van der Waals surface area contributed by atoms with Crippen molar-refractivity contribution in [2.24, 2.45) is 0 Å². The van der Waals surface area contributed by atoms with Crippen LogP contribution in [0, 0.1) is 0 Å². The van der Waals surface area contributed by atoms with Gasteiger partial charge < -0.3 is 11.1 Å². The Morgan fingerprint density at radius 1 is 1.21 bits per heavy atom. The van der Waals surface area contributed by atoms with E-state index in [0.29, 0.717) is 5.56 Å². The molecule has 1 aromatic carbocycles. The summed E-state index contributed by atoms with van der Waals surface area (Å²) in [6, 6.07) is 9.56. The summed E-state index contributed by atoms with van der Waals surface area (Å²) in [4.78, 5) is 29.3. The zero-order valence-electron chi connectivity index (χ0n) is 10.0. The number of hydrogen-bond donors (Lipinski definition) is 3. The molecule has 0 saturated carbocycles. The Balaban J connectivity index is 2.20. The summed E-state index contributed by atoms with van der Waals surface area (Å²) in [6.45, 7) is 0. The molecule has 2 heterocycles. The number of anilines is 2. The van der Waals surface area contributed by atoms with Gasteiger partial charge in [-0.2, -0.15) is 4.98 Å². The summed E-state index contributed by atoms with van der Waals surface area (Å²) < 4.78 is 0. The number of nitrogens with one attached hydrogen (secondary N) is 2. The molecular weight excluding hydrogens is 244 g/mol. The molecule has 0 fully saturated rings. The van der Waals surface area contributed by atoms with E-state index in [9.17, 15) is 9.59 Å². The highest BCUT2D eigenvalue weighted by Gasteiger charge is 2.30. The van der Waals surface area contributed by atoms with Gasteiger partial charge in [0.25, 0.3) is 0 Å². The second-order valence-corrected chi connectivity index (χ2v) is 4.43. The molecule has 6 nitrogen and oxygen atoms in total. The molecule has 1 amide bonds. The molecule has 0 saturated heterocycles. The smallest absolute Gasteiger partial charge is 0.348 e. The Hall–Kier alpha value is -2.63. The van der Waals surface area contributed by atoms with Gasteiger partial charge in [-0.15, -0.1) is 0 Å². The van der Waals surface area contributed by atoms with Gasteiger partial charge in [0.1, 0.15) is 11.6 Å². The van der Waals surface area contributed by atoms with Crippen molar-refractivity contribution < 1.29 is 4.79 Å². The molecule has 0 spiro atoms. The van der Waals surface area contributed by atoms with Crippen molar-refractivity contribution in [1.82, 2.24) is 9.97 Å². The quantitative estimate of drug-likeness (QED) is 0.703. The van der Waals surface area contributed by atoms with Crippen molar-refractivity contribution in [3.05, 3.63) is 51.9 Å². The van der Waals surface area contributed by atoms with Crippen molar-refractivity contribution in [2.45, 2.75) is 12.3 Å². The average molecular weight is 256 g/mol. The molecule has 0 bridgehead atoms. The van der Waals surface area contributed by atoms with E-state index in [1.54, 1.807) is 0 Å². The fraction of sp³-hybridized carbons (Fsp3) is 0.154. The van der Waals surface area contributed by atoms with E-state index in [1.807, 2.05) is 30.3 Å². The normalized spacial score (nSPS) is 17.7. The first-order chi connectivity index (χ1) is 9.15. The van der Waals surface area contributed by atoms with E-state index in [2.05, 4.69) is 15.3 Å². The van der Waals surface area contributed by atoms with Gasteiger partial charge >= 0.3 is 5.69 Å². The molecule has 1 aliphatic heterocycles. The molecule has 1 atom stereocenters. The van der Waals surface area contributed by atoms with Crippen molar-refractivity contribution in [1.29, 1.82) is 0 Å². The maximum Gasteiger partial charge on any atom is 0.348 e. The van der Waals surface area contributed by atoms with Crippen LogP contribution in [0.1, 0.15) is 23.5 Å². The SMILES string of the molecule is Nc1[nH]c(=O)nc2c1C(c1ccccc1)CC(=O)N2. The van der Waals surface area contributed by atoms with Gasteiger partial charge in [-0.25, -0.2) is 4.79 Å². The molecule has 19 heavy (non-hydrogen) atoms. The van der Waals surface area contributed by atoms with Gasteiger partial charge in [0.05, 0.1) is 0 Å². The predicted molar refractivity (Wildman–Crippen MR) is 70.8 cm³/mol. The van der Waals surface area contributed by atoms with Crippen LogP contribution in [-0.4, -0.2) is 15.9 Å². The minimum atomic E-state index is -0.565. The molecule has 1 unspecified atom stereocenters. The number of nitrogens with two attached hydrogens (primary N) is 1. The molecule has 96 valence electrons. The van der Waals surface area contributed by atoms with Crippen LogP contribution in [0.5, 0.6) is 0 Å². The maximum absolute atomic E-state index is 11.7. The van der Waals surface area contributed by atoms with E-state index in [4.69, 9.17) is 5.73 Å². The van der Waals surface area contributed by atoms with Crippen molar-refractivity contribution >= 4 is 17.5 Å². The van der Waals surface area contributed by atoms with Crippen LogP contribution in [0.4, 0.5) is 11.6 Å². The number of benzene rings is 1. The van der Waals surface area contributed by atoms with E-state index >= 15 is 0 Å². The van der Waals surface area contributed by atoms with Gasteiger partial charge in [-0.1, -0.05) is 30.3 Å². The van der Waals surface area contributed by atoms with Crippen LogP contribution in [0.15, 0.2) is 35.1 Å². The average Bonchev–Trinajstić information content (AvgIpc) is 2.38. The Labute approximate surface area is 108 Å². The number of nitrogens with zero attached hydrogens (tertiary/aromatic N) is 1. The summed E-state index contributed by atoms with van der Waals surface area (Å²) in [5.74, 6) is 0.156. The Morgan fingerprint density at radius 3 is 2.68 bits per heavy atom. The lowest BCUT2D eigenvalue weighted by molar-refractivity contribution is -0.116. The van der Waals surface area contributed by atoms with Crippen LogP contribution in [0.2, 0.25) is 0 Å². The fourth-order valence-electron chi connectivity index (χ4n) is 2.39. The number of amides is 1. The lowest BCUT2D eigenvalue weighted by Crippen LogP contribution is -2.29. The second kappa shape index (κ2) is 4.24. The first-order valence-electron chi connectivity index (χ1n) is 5.89. The first kappa shape index (κ1) is 11.5. The predicted octanol–water partition coefficient (Wildman–Crippen LogP) is 0.826. The first-order valence-corrected chi connectivity index (χ1v) is 5.89. The molecule has 6 heteroatoms. The Morgan fingerprint density at radius 2 is 1.95 bits per heavy atom. The number of aromatic amines is 1. The number of carbonyl (C=O) groups is 1. The van der Waals surface area contributed by atoms with Crippen molar-refractivity contribution in [2.75, 3.05) is 11.1 Å².